The van der Waals surface area contributed by atoms with Crippen LogP contribution in [0.3, 0.4) is 0 Å². The number of benzene rings is 1. The summed E-state index contributed by atoms with van der Waals surface area (Å²) in [7, 11) is 0. The van der Waals surface area contributed by atoms with Crippen LogP contribution in [-0.2, 0) is 16.8 Å². The molecule has 0 radical (unpaired) electrons. The molecule has 0 saturated carbocycles. The van der Waals surface area contributed by atoms with Gasteiger partial charge in [0.05, 0.1) is 17.8 Å². The van der Waals surface area contributed by atoms with E-state index in [4.69, 9.17) is 16.3 Å². The average molecular weight is 308 g/mol. The number of nitrogens with zero attached hydrogens (tertiary/aromatic N) is 1. The molecule has 1 saturated heterocycles. The van der Waals surface area contributed by atoms with E-state index in [1.807, 2.05) is 13.8 Å². The smallest absolute Gasteiger partial charge is 0.372 e. The van der Waals surface area contributed by atoms with E-state index < -0.39 is 17.3 Å². The number of morpholine rings is 1. The van der Waals surface area contributed by atoms with Crippen LogP contribution < -0.4 is 4.90 Å². The second kappa shape index (κ2) is 5.45. The Morgan fingerprint density at radius 3 is 2.60 bits per heavy atom. The van der Waals surface area contributed by atoms with Crippen molar-refractivity contribution < 1.29 is 17.9 Å². The zero-order chi connectivity index (χ0) is 15.0. The Morgan fingerprint density at radius 1 is 1.35 bits per heavy atom. The zero-order valence-corrected chi connectivity index (χ0v) is 12.2. The van der Waals surface area contributed by atoms with Crippen molar-refractivity contribution in [3.63, 3.8) is 0 Å². The van der Waals surface area contributed by atoms with Gasteiger partial charge in [0.2, 0.25) is 0 Å². The minimum absolute atomic E-state index is 0.0674. The predicted octanol–water partition coefficient (Wildman–Crippen LogP) is 4.06. The Kier molecular flexibility index (Phi) is 4.21. The fraction of sp³-hybridized carbons (Fsp3) is 0.571. The highest BCUT2D eigenvalue weighted by Gasteiger charge is 2.37. The molecule has 1 fully saturated rings. The first kappa shape index (κ1) is 15.4. The molecule has 2 rings (SSSR count). The summed E-state index contributed by atoms with van der Waals surface area (Å²) in [6.45, 7) is 5.05. The van der Waals surface area contributed by atoms with Gasteiger partial charge in [0.25, 0.3) is 0 Å². The van der Waals surface area contributed by atoms with Crippen molar-refractivity contribution in [1.82, 2.24) is 0 Å². The molecule has 1 aromatic rings. The lowest BCUT2D eigenvalue weighted by atomic mass is 10.0. The number of hydrogen-bond acceptors (Lipinski definition) is 2. The molecule has 0 aliphatic carbocycles. The van der Waals surface area contributed by atoms with Crippen molar-refractivity contribution in [2.45, 2.75) is 31.5 Å². The van der Waals surface area contributed by atoms with Crippen molar-refractivity contribution in [3.05, 3.63) is 29.3 Å². The summed E-state index contributed by atoms with van der Waals surface area (Å²) in [5.41, 5.74) is -0.418. The molecule has 0 aromatic heterocycles. The summed E-state index contributed by atoms with van der Waals surface area (Å²) in [5.74, 6) is 0.0674. The van der Waals surface area contributed by atoms with E-state index in [1.54, 1.807) is 11.0 Å². The van der Waals surface area contributed by atoms with Gasteiger partial charge >= 0.3 is 6.18 Å². The highest BCUT2D eigenvalue weighted by molar-refractivity contribution is 6.17. The second-order valence-corrected chi connectivity index (χ2v) is 5.78. The number of alkyl halides is 4. The summed E-state index contributed by atoms with van der Waals surface area (Å²) in [6.07, 6.45) is -4.39. The fourth-order valence-corrected chi connectivity index (χ4v) is 2.56. The van der Waals surface area contributed by atoms with Crippen molar-refractivity contribution in [1.29, 1.82) is 0 Å². The maximum atomic E-state index is 13.2. The largest absolute Gasteiger partial charge is 0.418 e. The molecular formula is C14H17ClF3NO. The SMILES string of the molecule is CC1(C)CN(c2ccc(CCl)cc2C(F)(F)F)CCO1. The van der Waals surface area contributed by atoms with Crippen LogP contribution in [0.15, 0.2) is 18.2 Å². The summed E-state index contributed by atoms with van der Waals surface area (Å²) in [5, 5.41) is 0. The van der Waals surface area contributed by atoms with Crippen LogP contribution in [-0.4, -0.2) is 25.3 Å². The van der Waals surface area contributed by atoms with E-state index in [0.29, 0.717) is 25.3 Å². The lowest BCUT2D eigenvalue weighted by Crippen LogP contribution is -2.48. The van der Waals surface area contributed by atoms with Crippen LogP contribution >= 0.6 is 11.6 Å². The molecule has 6 heteroatoms. The highest BCUT2D eigenvalue weighted by Crippen LogP contribution is 2.38. The minimum atomic E-state index is -4.39. The van der Waals surface area contributed by atoms with Gasteiger partial charge in [-0.25, -0.2) is 0 Å². The van der Waals surface area contributed by atoms with Gasteiger partial charge in [0.1, 0.15) is 0 Å². The number of rotatable bonds is 2. The fourth-order valence-electron chi connectivity index (χ4n) is 2.39. The zero-order valence-electron chi connectivity index (χ0n) is 11.4. The monoisotopic (exact) mass is 307 g/mol. The molecule has 0 atom stereocenters. The maximum absolute atomic E-state index is 13.2. The lowest BCUT2D eigenvalue weighted by Gasteiger charge is -2.40. The number of ether oxygens (including phenoxy) is 1. The van der Waals surface area contributed by atoms with E-state index >= 15 is 0 Å². The third-order valence-electron chi connectivity index (χ3n) is 3.29. The lowest BCUT2D eigenvalue weighted by molar-refractivity contribution is -0.137. The molecule has 0 spiro atoms. The molecule has 0 unspecified atom stereocenters. The second-order valence-electron chi connectivity index (χ2n) is 5.51. The molecule has 1 aromatic carbocycles. The van der Waals surface area contributed by atoms with E-state index in [2.05, 4.69) is 0 Å². The Hall–Kier alpha value is -0.940. The Morgan fingerprint density at radius 2 is 2.05 bits per heavy atom. The van der Waals surface area contributed by atoms with Gasteiger partial charge < -0.3 is 9.64 Å². The van der Waals surface area contributed by atoms with Crippen molar-refractivity contribution in [3.8, 4) is 0 Å². The first-order chi connectivity index (χ1) is 9.23. The van der Waals surface area contributed by atoms with Gasteiger partial charge in [-0.1, -0.05) is 6.07 Å². The van der Waals surface area contributed by atoms with Crippen LogP contribution in [0.25, 0.3) is 0 Å². The standard InChI is InChI=1S/C14H17ClF3NO/c1-13(2)9-19(5-6-20-13)12-4-3-10(8-15)7-11(12)14(16,17)18/h3-4,7H,5-6,8-9H2,1-2H3. The molecule has 2 nitrogen and oxygen atoms in total. The summed E-state index contributed by atoms with van der Waals surface area (Å²) in [4.78, 5) is 1.73. The first-order valence-electron chi connectivity index (χ1n) is 6.38. The molecule has 1 aliphatic heterocycles. The minimum Gasteiger partial charge on any atom is -0.372 e. The number of halogens is 4. The molecule has 1 aliphatic rings. The van der Waals surface area contributed by atoms with E-state index in [9.17, 15) is 13.2 Å². The quantitative estimate of drug-likeness (QED) is 0.764. The molecule has 20 heavy (non-hydrogen) atoms. The number of hydrogen-bond donors (Lipinski definition) is 0. The Bertz CT molecular complexity index is 488. The Balaban J connectivity index is 2.40. The summed E-state index contributed by atoms with van der Waals surface area (Å²) in [6, 6.07) is 4.27. The predicted molar refractivity (Wildman–Crippen MR) is 73.2 cm³/mol. The van der Waals surface area contributed by atoms with Crippen LogP contribution in [0.2, 0.25) is 0 Å². The molecule has 1 heterocycles. The molecular weight excluding hydrogens is 291 g/mol. The number of anilines is 1. The van der Waals surface area contributed by atoms with Gasteiger partial charge in [-0.2, -0.15) is 13.2 Å². The van der Waals surface area contributed by atoms with Crippen molar-refractivity contribution in [2.24, 2.45) is 0 Å². The molecule has 112 valence electrons. The van der Waals surface area contributed by atoms with Gasteiger partial charge in [0, 0.05) is 24.7 Å². The van der Waals surface area contributed by atoms with Gasteiger partial charge in [-0.05, 0) is 31.5 Å². The van der Waals surface area contributed by atoms with Gasteiger partial charge in [0.15, 0.2) is 0 Å². The van der Waals surface area contributed by atoms with Crippen molar-refractivity contribution in [2.75, 3.05) is 24.6 Å². The van der Waals surface area contributed by atoms with E-state index in [-0.39, 0.29) is 11.6 Å². The molecule has 0 bridgehead atoms. The van der Waals surface area contributed by atoms with Gasteiger partial charge in [-0.15, -0.1) is 11.6 Å². The van der Waals surface area contributed by atoms with Crippen LogP contribution in [0.5, 0.6) is 0 Å². The summed E-state index contributed by atoms with van der Waals surface area (Å²) < 4.78 is 45.2. The van der Waals surface area contributed by atoms with Crippen LogP contribution in [0.4, 0.5) is 18.9 Å². The third-order valence-corrected chi connectivity index (χ3v) is 3.60. The normalized spacial score (nSPS) is 19.2. The van der Waals surface area contributed by atoms with E-state index in [0.717, 1.165) is 6.07 Å². The third kappa shape index (κ3) is 3.38. The summed E-state index contributed by atoms with van der Waals surface area (Å²) >= 11 is 5.63. The van der Waals surface area contributed by atoms with Crippen molar-refractivity contribution >= 4 is 17.3 Å². The molecule has 0 amide bonds. The van der Waals surface area contributed by atoms with Crippen LogP contribution in [0, 0.1) is 0 Å². The molecule has 0 N–H and O–H groups in total. The van der Waals surface area contributed by atoms with Crippen LogP contribution in [0.1, 0.15) is 25.0 Å². The topological polar surface area (TPSA) is 12.5 Å². The maximum Gasteiger partial charge on any atom is 0.418 e. The van der Waals surface area contributed by atoms with Gasteiger partial charge in [-0.3, -0.25) is 0 Å². The average Bonchev–Trinajstić information content (AvgIpc) is 2.35. The first-order valence-corrected chi connectivity index (χ1v) is 6.91. The van der Waals surface area contributed by atoms with E-state index in [1.165, 1.54) is 6.07 Å². The Labute approximate surface area is 121 Å². The highest BCUT2D eigenvalue weighted by atomic mass is 35.5.